The molecule has 0 saturated carbocycles. The SMILES string of the molecule is CCC(C)(C)N(Nc1cccc(S(N)(=O)=O)n1)C(=O)OC(C)(C)C. The van der Waals surface area contributed by atoms with Crippen LogP contribution in [0.1, 0.15) is 48.0 Å². The smallest absolute Gasteiger partial charge is 0.429 e. The fourth-order valence-electron chi connectivity index (χ4n) is 1.66. The molecule has 24 heavy (non-hydrogen) atoms. The molecule has 0 unspecified atom stereocenters. The highest BCUT2D eigenvalue weighted by Crippen LogP contribution is 2.23. The number of nitrogens with one attached hydrogen (secondary N) is 1. The number of amides is 1. The van der Waals surface area contributed by atoms with E-state index in [1.807, 2.05) is 20.8 Å². The standard InChI is InChI=1S/C15H26N4O4S/c1-7-15(5,6)19(13(20)23-14(2,3)4)18-11-9-8-10-12(17-11)24(16,21)22/h8-10H,7H2,1-6H3,(H,17,18)(H2,16,21,22). The fraction of sp³-hybridized carbons (Fsp3) is 0.600. The average Bonchev–Trinajstić information content (AvgIpc) is 2.42. The predicted octanol–water partition coefficient (Wildman–Crippen LogP) is 2.48. The van der Waals surface area contributed by atoms with E-state index in [1.165, 1.54) is 23.2 Å². The van der Waals surface area contributed by atoms with Gasteiger partial charge >= 0.3 is 6.09 Å². The number of nitrogens with zero attached hydrogens (tertiary/aromatic N) is 2. The van der Waals surface area contributed by atoms with Gasteiger partial charge in [-0.2, -0.15) is 0 Å². The number of ether oxygens (including phenoxy) is 1. The summed E-state index contributed by atoms with van der Waals surface area (Å²) in [4.78, 5) is 16.5. The molecule has 0 bridgehead atoms. The molecule has 1 amide bonds. The zero-order chi connectivity index (χ0) is 18.8. The molecule has 136 valence electrons. The first-order valence-electron chi connectivity index (χ1n) is 7.56. The van der Waals surface area contributed by atoms with Gasteiger partial charge in [0.2, 0.25) is 0 Å². The van der Waals surface area contributed by atoms with Gasteiger partial charge in [-0.15, -0.1) is 0 Å². The Morgan fingerprint density at radius 3 is 2.33 bits per heavy atom. The zero-order valence-electron chi connectivity index (χ0n) is 15.0. The Bertz CT molecular complexity index is 696. The summed E-state index contributed by atoms with van der Waals surface area (Å²) < 4.78 is 28.3. The van der Waals surface area contributed by atoms with Gasteiger partial charge in [0.25, 0.3) is 10.0 Å². The van der Waals surface area contributed by atoms with Crippen LogP contribution in [0.5, 0.6) is 0 Å². The lowest BCUT2D eigenvalue weighted by molar-refractivity contribution is 0.0101. The van der Waals surface area contributed by atoms with Crippen molar-refractivity contribution in [1.29, 1.82) is 0 Å². The quantitative estimate of drug-likeness (QED) is 0.782. The Kier molecular flexibility index (Phi) is 5.83. The van der Waals surface area contributed by atoms with Crippen LogP contribution in [-0.4, -0.2) is 35.6 Å². The maximum absolute atomic E-state index is 12.5. The molecule has 0 aliphatic heterocycles. The Morgan fingerprint density at radius 1 is 1.29 bits per heavy atom. The summed E-state index contributed by atoms with van der Waals surface area (Å²) in [5.74, 6) is 0.175. The van der Waals surface area contributed by atoms with Gasteiger partial charge in [0.15, 0.2) is 5.03 Å². The van der Waals surface area contributed by atoms with Crippen molar-refractivity contribution in [2.75, 3.05) is 5.43 Å². The van der Waals surface area contributed by atoms with Gasteiger partial charge < -0.3 is 4.74 Å². The van der Waals surface area contributed by atoms with Crippen LogP contribution in [0.3, 0.4) is 0 Å². The summed E-state index contributed by atoms with van der Waals surface area (Å²) in [5, 5.41) is 6.10. The molecule has 0 atom stereocenters. The Balaban J connectivity index is 3.17. The van der Waals surface area contributed by atoms with Crippen LogP contribution in [-0.2, 0) is 14.8 Å². The number of hydrazine groups is 1. The molecule has 0 aliphatic rings. The predicted molar refractivity (Wildman–Crippen MR) is 91.7 cm³/mol. The van der Waals surface area contributed by atoms with Crippen LogP contribution in [0.25, 0.3) is 0 Å². The van der Waals surface area contributed by atoms with E-state index in [0.717, 1.165) is 0 Å². The lowest BCUT2D eigenvalue weighted by Gasteiger charge is -2.38. The number of primary sulfonamides is 1. The van der Waals surface area contributed by atoms with Crippen LogP contribution in [0.15, 0.2) is 23.2 Å². The number of sulfonamides is 1. The number of nitrogens with two attached hydrogens (primary N) is 1. The van der Waals surface area contributed by atoms with Crippen molar-refractivity contribution < 1.29 is 17.9 Å². The number of anilines is 1. The molecule has 0 fully saturated rings. The zero-order valence-corrected chi connectivity index (χ0v) is 15.8. The molecular formula is C15H26N4O4S. The molecule has 9 heteroatoms. The highest BCUT2D eigenvalue weighted by atomic mass is 32.2. The number of hydrogen-bond acceptors (Lipinski definition) is 6. The van der Waals surface area contributed by atoms with E-state index in [1.54, 1.807) is 20.8 Å². The minimum atomic E-state index is -3.94. The van der Waals surface area contributed by atoms with Crippen molar-refractivity contribution in [2.45, 2.75) is 64.1 Å². The van der Waals surface area contributed by atoms with Crippen molar-refractivity contribution in [3.05, 3.63) is 18.2 Å². The maximum Gasteiger partial charge on any atom is 0.429 e. The third-order valence-corrected chi connectivity index (χ3v) is 4.10. The third kappa shape index (κ3) is 5.64. The van der Waals surface area contributed by atoms with Gasteiger partial charge in [-0.05, 0) is 53.2 Å². The molecule has 0 spiro atoms. The van der Waals surface area contributed by atoms with Crippen molar-refractivity contribution in [3.63, 3.8) is 0 Å². The second kappa shape index (κ2) is 6.94. The Hall–Kier alpha value is -1.87. The van der Waals surface area contributed by atoms with Crippen LogP contribution < -0.4 is 10.6 Å². The first-order valence-corrected chi connectivity index (χ1v) is 9.10. The first-order chi connectivity index (χ1) is 10.8. The van der Waals surface area contributed by atoms with E-state index >= 15 is 0 Å². The van der Waals surface area contributed by atoms with Crippen LogP contribution >= 0.6 is 0 Å². The maximum atomic E-state index is 12.5. The lowest BCUT2D eigenvalue weighted by atomic mass is 10.0. The monoisotopic (exact) mass is 358 g/mol. The van der Waals surface area contributed by atoms with E-state index in [2.05, 4.69) is 10.4 Å². The molecule has 1 aromatic heterocycles. The Morgan fingerprint density at radius 2 is 1.88 bits per heavy atom. The topological polar surface area (TPSA) is 115 Å². The summed E-state index contributed by atoms with van der Waals surface area (Å²) >= 11 is 0. The average molecular weight is 358 g/mol. The molecule has 1 rings (SSSR count). The van der Waals surface area contributed by atoms with Gasteiger partial charge in [-0.25, -0.2) is 28.3 Å². The molecule has 8 nitrogen and oxygen atoms in total. The minimum Gasteiger partial charge on any atom is -0.442 e. The molecule has 0 saturated heterocycles. The van der Waals surface area contributed by atoms with E-state index in [9.17, 15) is 13.2 Å². The highest BCUT2D eigenvalue weighted by molar-refractivity contribution is 7.89. The van der Waals surface area contributed by atoms with E-state index in [4.69, 9.17) is 9.88 Å². The molecular weight excluding hydrogens is 332 g/mol. The summed E-state index contributed by atoms with van der Waals surface area (Å²) in [7, 11) is -3.94. The number of pyridine rings is 1. The van der Waals surface area contributed by atoms with E-state index in [-0.39, 0.29) is 10.8 Å². The number of hydrogen-bond donors (Lipinski definition) is 2. The van der Waals surface area contributed by atoms with Crippen molar-refractivity contribution in [2.24, 2.45) is 5.14 Å². The van der Waals surface area contributed by atoms with Crippen molar-refractivity contribution in [1.82, 2.24) is 9.99 Å². The van der Waals surface area contributed by atoms with Gasteiger partial charge in [0.1, 0.15) is 11.4 Å². The van der Waals surface area contributed by atoms with E-state index in [0.29, 0.717) is 6.42 Å². The van der Waals surface area contributed by atoms with E-state index < -0.39 is 27.3 Å². The molecule has 3 N–H and O–H groups in total. The minimum absolute atomic E-state index is 0.175. The van der Waals surface area contributed by atoms with Crippen LogP contribution in [0.2, 0.25) is 0 Å². The second-order valence-electron chi connectivity index (χ2n) is 7.00. The Labute approximate surface area is 143 Å². The second-order valence-corrected chi connectivity index (χ2v) is 8.51. The fourth-order valence-corrected chi connectivity index (χ4v) is 2.15. The highest BCUT2D eigenvalue weighted by Gasteiger charge is 2.33. The van der Waals surface area contributed by atoms with Crippen molar-refractivity contribution >= 4 is 21.9 Å². The summed E-state index contributed by atoms with van der Waals surface area (Å²) in [6.07, 6.45) is 0.0471. The van der Waals surface area contributed by atoms with Crippen LogP contribution in [0.4, 0.5) is 10.6 Å². The van der Waals surface area contributed by atoms with Gasteiger partial charge in [0, 0.05) is 0 Å². The van der Waals surface area contributed by atoms with Crippen molar-refractivity contribution in [3.8, 4) is 0 Å². The number of carbonyl (C=O) groups excluding carboxylic acids is 1. The number of aromatic nitrogens is 1. The largest absolute Gasteiger partial charge is 0.442 e. The van der Waals surface area contributed by atoms with Gasteiger partial charge in [0.05, 0.1) is 5.54 Å². The summed E-state index contributed by atoms with van der Waals surface area (Å²) in [5.41, 5.74) is 1.57. The lowest BCUT2D eigenvalue weighted by Crippen LogP contribution is -2.52. The molecule has 0 aromatic carbocycles. The normalized spacial score (nSPS) is 12.6. The molecule has 1 aromatic rings. The third-order valence-electron chi connectivity index (χ3n) is 3.29. The van der Waals surface area contributed by atoms with Crippen LogP contribution in [0, 0.1) is 0 Å². The molecule has 0 radical (unpaired) electrons. The molecule has 1 heterocycles. The summed E-state index contributed by atoms with van der Waals surface area (Å²) in [6, 6.07) is 4.31. The number of rotatable bonds is 5. The number of carbonyl (C=O) groups is 1. The summed E-state index contributed by atoms with van der Waals surface area (Å²) in [6.45, 7) is 10.9. The first kappa shape index (κ1) is 20.2. The molecule has 0 aliphatic carbocycles. The van der Waals surface area contributed by atoms with Gasteiger partial charge in [-0.3, -0.25) is 5.43 Å². The van der Waals surface area contributed by atoms with Gasteiger partial charge in [-0.1, -0.05) is 13.0 Å².